The van der Waals surface area contributed by atoms with Crippen LogP contribution in [0.25, 0.3) is 0 Å². The molecule has 1 aromatic rings. The van der Waals surface area contributed by atoms with E-state index in [4.69, 9.17) is 4.74 Å². The molecule has 1 amide bonds. The molecule has 0 aromatic heterocycles. The van der Waals surface area contributed by atoms with Gasteiger partial charge in [0.05, 0.1) is 0 Å². The Kier molecular flexibility index (Phi) is 9.04. The Morgan fingerprint density at radius 2 is 1.82 bits per heavy atom. The summed E-state index contributed by atoms with van der Waals surface area (Å²) in [5.41, 5.74) is 0.767. The van der Waals surface area contributed by atoms with Gasteiger partial charge in [-0.25, -0.2) is 0 Å². The first-order valence-corrected chi connectivity index (χ1v) is 9.09. The van der Waals surface area contributed by atoms with Crippen LogP contribution in [0.4, 0.5) is 13.2 Å². The lowest BCUT2D eigenvalue weighted by Crippen LogP contribution is -2.57. The minimum absolute atomic E-state index is 0. The van der Waals surface area contributed by atoms with Crippen LogP contribution in [0.1, 0.15) is 26.3 Å². The highest BCUT2D eigenvalue weighted by molar-refractivity contribution is 5.85. The molecule has 160 valence electrons. The number of halogens is 4. The zero-order chi connectivity index (χ0) is 20.1. The van der Waals surface area contributed by atoms with Crippen LogP contribution in [-0.2, 0) is 10.2 Å². The fraction of sp³-hybridized carbons (Fsp3) is 0.632. The summed E-state index contributed by atoms with van der Waals surface area (Å²) in [7, 11) is 0. The van der Waals surface area contributed by atoms with E-state index in [1.54, 1.807) is 12.1 Å². The lowest BCUT2D eigenvalue weighted by Gasteiger charge is -2.35. The zero-order valence-corrected chi connectivity index (χ0v) is 17.3. The van der Waals surface area contributed by atoms with Crippen LogP contribution in [0.15, 0.2) is 24.3 Å². The molecule has 1 fully saturated rings. The molecule has 9 heteroatoms. The van der Waals surface area contributed by atoms with Gasteiger partial charge >= 0.3 is 6.18 Å². The molecule has 0 radical (unpaired) electrons. The maximum atomic E-state index is 13.3. The number of alkyl halides is 3. The molecule has 1 atom stereocenters. The largest absolute Gasteiger partial charge is 0.483 e. The molecule has 0 aliphatic carbocycles. The third kappa shape index (κ3) is 7.14. The molecule has 28 heavy (non-hydrogen) atoms. The molecule has 0 saturated carbocycles. The van der Waals surface area contributed by atoms with Gasteiger partial charge in [0.15, 0.2) is 6.61 Å². The number of carbonyl (C=O) groups is 1. The summed E-state index contributed by atoms with van der Waals surface area (Å²) in [6, 6.07) is 5.66. The quantitative estimate of drug-likeness (QED) is 0.738. The Morgan fingerprint density at radius 1 is 1.21 bits per heavy atom. The normalized spacial score (nSPS) is 16.8. The Bertz CT molecular complexity index is 630. The predicted octanol–water partition coefficient (Wildman–Crippen LogP) is 2.74. The van der Waals surface area contributed by atoms with Gasteiger partial charge in [-0.3, -0.25) is 9.69 Å². The molecule has 1 heterocycles. The zero-order valence-electron chi connectivity index (χ0n) is 16.4. The second-order valence-electron chi connectivity index (χ2n) is 7.68. The molecule has 5 nitrogen and oxygen atoms in total. The van der Waals surface area contributed by atoms with Gasteiger partial charge in [0, 0.05) is 32.7 Å². The third-order valence-corrected chi connectivity index (χ3v) is 4.52. The fourth-order valence-corrected chi connectivity index (χ4v) is 3.06. The number of rotatable bonds is 6. The SMILES string of the molecule is CC(C)(C)c1ccccc1OCC(=O)NCC(N1CCNCC1)C(F)(F)F.Cl. The van der Waals surface area contributed by atoms with Crippen LogP contribution >= 0.6 is 12.4 Å². The number of carbonyl (C=O) groups excluding carboxylic acids is 1. The summed E-state index contributed by atoms with van der Waals surface area (Å²) in [5, 5.41) is 5.39. The Balaban J connectivity index is 0.00000392. The highest BCUT2D eigenvalue weighted by Gasteiger charge is 2.43. The number of benzene rings is 1. The van der Waals surface area contributed by atoms with Crippen molar-refractivity contribution in [3.8, 4) is 5.75 Å². The Hall–Kier alpha value is -1.51. The van der Waals surface area contributed by atoms with Crippen LogP contribution in [0.5, 0.6) is 5.75 Å². The van der Waals surface area contributed by atoms with E-state index < -0.39 is 24.7 Å². The Labute approximate surface area is 170 Å². The third-order valence-electron chi connectivity index (χ3n) is 4.52. The summed E-state index contributed by atoms with van der Waals surface area (Å²) >= 11 is 0. The second kappa shape index (κ2) is 10.3. The summed E-state index contributed by atoms with van der Waals surface area (Å²) in [6.45, 7) is 6.89. The number of para-hydroxylation sites is 1. The number of ether oxygens (including phenoxy) is 1. The minimum Gasteiger partial charge on any atom is -0.483 e. The van der Waals surface area contributed by atoms with Crippen molar-refractivity contribution in [3.05, 3.63) is 29.8 Å². The van der Waals surface area contributed by atoms with Gasteiger partial charge in [-0.1, -0.05) is 39.0 Å². The van der Waals surface area contributed by atoms with Crippen LogP contribution in [0, 0.1) is 0 Å². The summed E-state index contributed by atoms with van der Waals surface area (Å²) < 4.78 is 45.6. The molecule has 2 rings (SSSR count). The van der Waals surface area contributed by atoms with E-state index >= 15 is 0 Å². The number of hydrogen-bond acceptors (Lipinski definition) is 4. The van der Waals surface area contributed by atoms with Crippen molar-refractivity contribution in [2.75, 3.05) is 39.3 Å². The van der Waals surface area contributed by atoms with Crippen molar-refractivity contribution in [2.24, 2.45) is 0 Å². The predicted molar refractivity (Wildman–Crippen MR) is 105 cm³/mol. The van der Waals surface area contributed by atoms with Gasteiger partial charge in [0.2, 0.25) is 0 Å². The first-order chi connectivity index (χ1) is 12.6. The summed E-state index contributed by atoms with van der Waals surface area (Å²) in [6.07, 6.45) is -4.40. The summed E-state index contributed by atoms with van der Waals surface area (Å²) in [4.78, 5) is 13.4. The van der Waals surface area contributed by atoms with Crippen molar-refractivity contribution in [1.82, 2.24) is 15.5 Å². The summed E-state index contributed by atoms with van der Waals surface area (Å²) in [5.74, 6) is -0.00211. The van der Waals surface area contributed by atoms with E-state index in [1.807, 2.05) is 32.9 Å². The van der Waals surface area contributed by atoms with E-state index in [9.17, 15) is 18.0 Å². The van der Waals surface area contributed by atoms with Crippen molar-refractivity contribution >= 4 is 18.3 Å². The molecule has 1 aromatic carbocycles. The molecule has 2 N–H and O–H groups in total. The smallest absolute Gasteiger partial charge is 0.405 e. The van der Waals surface area contributed by atoms with Gasteiger partial charge in [-0.2, -0.15) is 13.2 Å². The number of nitrogens with zero attached hydrogens (tertiary/aromatic N) is 1. The monoisotopic (exact) mass is 423 g/mol. The minimum atomic E-state index is -4.40. The van der Waals surface area contributed by atoms with Crippen LogP contribution in [-0.4, -0.2) is 62.4 Å². The van der Waals surface area contributed by atoms with E-state index in [-0.39, 0.29) is 24.4 Å². The van der Waals surface area contributed by atoms with Gasteiger partial charge in [-0.05, 0) is 17.0 Å². The molecule has 1 aliphatic rings. The maximum Gasteiger partial charge on any atom is 0.405 e. The molecule has 0 bridgehead atoms. The number of hydrogen-bond donors (Lipinski definition) is 2. The highest BCUT2D eigenvalue weighted by atomic mass is 35.5. The molecule has 0 spiro atoms. The maximum absolute atomic E-state index is 13.3. The average molecular weight is 424 g/mol. The number of nitrogens with one attached hydrogen (secondary N) is 2. The first kappa shape index (κ1) is 24.5. The van der Waals surface area contributed by atoms with Crippen molar-refractivity contribution in [1.29, 1.82) is 0 Å². The lowest BCUT2D eigenvalue weighted by molar-refractivity contribution is -0.184. The number of piperazine rings is 1. The van der Waals surface area contributed by atoms with Gasteiger partial charge in [0.1, 0.15) is 11.8 Å². The fourth-order valence-electron chi connectivity index (χ4n) is 3.06. The van der Waals surface area contributed by atoms with E-state index in [0.717, 1.165) is 5.56 Å². The van der Waals surface area contributed by atoms with Crippen LogP contribution < -0.4 is 15.4 Å². The molecule has 1 unspecified atom stereocenters. The standard InChI is InChI=1S/C19H28F3N3O2.ClH/c1-18(2,3)14-6-4-5-7-15(14)27-13-17(26)24-12-16(19(20,21)22)25-10-8-23-9-11-25;/h4-7,16,23H,8-13H2,1-3H3,(H,24,26);1H. The molecule has 1 aliphatic heterocycles. The topological polar surface area (TPSA) is 53.6 Å². The molecule has 1 saturated heterocycles. The number of amides is 1. The van der Waals surface area contributed by atoms with Gasteiger partial charge < -0.3 is 15.4 Å². The van der Waals surface area contributed by atoms with Gasteiger partial charge in [-0.15, -0.1) is 12.4 Å². The van der Waals surface area contributed by atoms with Crippen molar-refractivity contribution in [2.45, 2.75) is 38.4 Å². The lowest BCUT2D eigenvalue weighted by atomic mass is 9.86. The van der Waals surface area contributed by atoms with E-state index in [2.05, 4.69) is 10.6 Å². The van der Waals surface area contributed by atoms with Crippen molar-refractivity contribution in [3.63, 3.8) is 0 Å². The van der Waals surface area contributed by atoms with E-state index in [0.29, 0.717) is 31.9 Å². The molecular weight excluding hydrogens is 395 g/mol. The first-order valence-electron chi connectivity index (χ1n) is 9.09. The highest BCUT2D eigenvalue weighted by Crippen LogP contribution is 2.31. The van der Waals surface area contributed by atoms with Crippen LogP contribution in [0.3, 0.4) is 0 Å². The van der Waals surface area contributed by atoms with Gasteiger partial charge in [0.25, 0.3) is 5.91 Å². The van der Waals surface area contributed by atoms with E-state index in [1.165, 1.54) is 4.90 Å². The second-order valence-corrected chi connectivity index (χ2v) is 7.68. The van der Waals surface area contributed by atoms with Crippen LogP contribution in [0.2, 0.25) is 0 Å². The average Bonchev–Trinajstić information content (AvgIpc) is 2.59. The molecular formula is C19H29ClF3N3O2. The Morgan fingerprint density at radius 3 is 2.39 bits per heavy atom. The van der Waals surface area contributed by atoms with Crippen molar-refractivity contribution < 1.29 is 22.7 Å².